The topological polar surface area (TPSA) is 29.1 Å². The lowest BCUT2D eigenvalue weighted by Gasteiger charge is -2.16. The van der Waals surface area contributed by atoms with Crippen LogP contribution in [0.3, 0.4) is 0 Å². The molecule has 20 heavy (non-hydrogen) atoms. The van der Waals surface area contributed by atoms with Crippen molar-refractivity contribution in [3.63, 3.8) is 0 Å². The summed E-state index contributed by atoms with van der Waals surface area (Å²) >= 11 is 13.5. The highest BCUT2D eigenvalue weighted by Gasteiger charge is 2.51. The van der Waals surface area contributed by atoms with E-state index in [9.17, 15) is 4.79 Å². The van der Waals surface area contributed by atoms with E-state index in [1.807, 2.05) is 25.1 Å². The maximum atomic E-state index is 11.9. The Hall–Kier alpha value is -0.380. The first-order valence-corrected chi connectivity index (χ1v) is 8.61. The lowest BCUT2D eigenvalue weighted by atomic mass is 10.0. The first-order chi connectivity index (χ1) is 9.40. The quantitative estimate of drug-likeness (QED) is 0.795. The van der Waals surface area contributed by atoms with E-state index in [1.165, 1.54) is 5.56 Å². The molecular formula is C15H19Cl2NOS. The van der Waals surface area contributed by atoms with Crippen molar-refractivity contribution in [1.82, 2.24) is 5.32 Å². The third-order valence-electron chi connectivity index (χ3n) is 3.54. The number of rotatable bonds is 6. The highest BCUT2D eigenvalue weighted by molar-refractivity contribution is 7.99. The maximum absolute atomic E-state index is 11.9. The van der Waals surface area contributed by atoms with Crippen molar-refractivity contribution in [1.29, 1.82) is 0 Å². The largest absolute Gasteiger partial charge is 0.349 e. The van der Waals surface area contributed by atoms with Crippen molar-refractivity contribution >= 4 is 40.9 Å². The Morgan fingerprint density at radius 3 is 2.75 bits per heavy atom. The Morgan fingerprint density at radius 2 is 2.15 bits per heavy atom. The van der Waals surface area contributed by atoms with Crippen molar-refractivity contribution in [2.45, 2.75) is 30.6 Å². The molecule has 2 atom stereocenters. The maximum Gasteiger partial charge on any atom is 0.230 e. The van der Waals surface area contributed by atoms with Gasteiger partial charge in [0, 0.05) is 5.92 Å². The lowest BCUT2D eigenvalue weighted by Crippen LogP contribution is -2.28. The summed E-state index contributed by atoms with van der Waals surface area (Å²) in [7, 11) is 0. The van der Waals surface area contributed by atoms with E-state index in [2.05, 4.69) is 18.3 Å². The van der Waals surface area contributed by atoms with Crippen LogP contribution in [0.15, 0.2) is 24.3 Å². The van der Waals surface area contributed by atoms with Gasteiger partial charge in [0.2, 0.25) is 5.91 Å². The fraction of sp³-hybridized carbons (Fsp3) is 0.533. The fourth-order valence-electron chi connectivity index (χ4n) is 2.18. The minimum Gasteiger partial charge on any atom is -0.349 e. The van der Waals surface area contributed by atoms with Crippen molar-refractivity contribution in [2.75, 3.05) is 11.5 Å². The van der Waals surface area contributed by atoms with Crippen LogP contribution in [0, 0.1) is 12.8 Å². The number of hydrogen-bond acceptors (Lipinski definition) is 2. The van der Waals surface area contributed by atoms with Gasteiger partial charge in [-0.3, -0.25) is 4.79 Å². The smallest absolute Gasteiger partial charge is 0.230 e. The van der Waals surface area contributed by atoms with Gasteiger partial charge in [-0.15, -0.1) is 23.2 Å². The van der Waals surface area contributed by atoms with Crippen LogP contribution in [0.1, 0.15) is 30.5 Å². The normalized spacial score (nSPS) is 21.3. The molecule has 0 unspecified atom stereocenters. The van der Waals surface area contributed by atoms with Crippen LogP contribution in [0.5, 0.6) is 0 Å². The number of alkyl halides is 2. The van der Waals surface area contributed by atoms with Gasteiger partial charge in [-0.25, -0.2) is 0 Å². The molecule has 0 radical (unpaired) electrons. The van der Waals surface area contributed by atoms with Crippen molar-refractivity contribution in [3.8, 4) is 0 Å². The molecule has 1 aromatic rings. The second kappa shape index (κ2) is 6.59. The van der Waals surface area contributed by atoms with Gasteiger partial charge in [0.15, 0.2) is 0 Å². The molecule has 0 heterocycles. The predicted octanol–water partition coefficient (Wildman–Crippen LogP) is 4.10. The van der Waals surface area contributed by atoms with Gasteiger partial charge in [-0.05, 0) is 37.1 Å². The lowest BCUT2D eigenvalue weighted by molar-refractivity contribution is -0.119. The fourth-order valence-corrected chi connectivity index (χ4v) is 3.96. The monoisotopic (exact) mass is 331 g/mol. The average molecular weight is 332 g/mol. The van der Waals surface area contributed by atoms with Crippen molar-refractivity contribution < 1.29 is 4.79 Å². The third kappa shape index (κ3) is 4.31. The van der Waals surface area contributed by atoms with E-state index in [1.54, 1.807) is 11.8 Å². The van der Waals surface area contributed by atoms with Gasteiger partial charge in [0.25, 0.3) is 0 Å². The molecule has 1 aliphatic carbocycles. The number of halogens is 2. The third-order valence-corrected chi connectivity index (χ3v) is 5.57. The summed E-state index contributed by atoms with van der Waals surface area (Å²) in [4.78, 5) is 11.9. The summed E-state index contributed by atoms with van der Waals surface area (Å²) in [6.07, 6.45) is 0.838. The van der Waals surface area contributed by atoms with Gasteiger partial charge in [0.1, 0.15) is 4.33 Å². The molecule has 5 heteroatoms. The van der Waals surface area contributed by atoms with Crippen LogP contribution in [0.4, 0.5) is 0 Å². The molecule has 1 fully saturated rings. The highest BCUT2D eigenvalue weighted by atomic mass is 35.5. The summed E-state index contributed by atoms with van der Waals surface area (Å²) in [5.74, 6) is 1.69. The van der Waals surface area contributed by atoms with Crippen LogP contribution in [0.25, 0.3) is 0 Å². The zero-order valence-corrected chi connectivity index (χ0v) is 14.0. The molecule has 2 rings (SSSR count). The second-order valence-electron chi connectivity index (χ2n) is 5.32. The molecule has 0 bridgehead atoms. The van der Waals surface area contributed by atoms with Crippen molar-refractivity contribution in [2.24, 2.45) is 5.92 Å². The summed E-state index contributed by atoms with van der Waals surface area (Å²) in [5.41, 5.74) is 2.36. The van der Waals surface area contributed by atoms with Gasteiger partial charge >= 0.3 is 0 Å². The predicted molar refractivity (Wildman–Crippen MR) is 87.6 cm³/mol. The SMILES string of the molecule is Cc1ccccc1[C@H](C)NC(=O)CSC[C@@H]1CC1(Cl)Cl. The highest BCUT2D eigenvalue weighted by Crippen LogP contribution is 2.54. The standard InChI is InChI=1S/C15H19Cl2NOS/c1-10-5-3-4-6-13(10)11(2)18-14(19)9-20-8-12-7-15(12,16)17/h3-6,11-12H,7-9H2,1-2H3,(H,18,19)/t11-,12-/m0/s1. The van der Waals surface area contributed by atoms with Crippen LogP contribution >= 0.6 is 35.0 Å². The molecule has 0 spiro atoms. The van der Waals surface area contributed by atoms with Gasteiger partial charge in [-0.2, -0.15) is 11.8 Å². The van der Waals surface area contributed by atoms with Crippen LogP contribution in [-0.4, -0.2) is 21.7 Å². The number of aryl methyl sites for hydroxylation is 1. The minimum absolute atomic E-state index is 0.0327. The van der Waals surface area contributed by atoms with E-state index in [0.29, 0.717) is 11.7 Å². The molecule has 1 saturated carbocycles. The van der Waals surface area contributed by atoms with Gasteiger partial charge < -0.3 is 5.32 Å². The molecule has 1 aliphatic rings. The Morgan fingerprint density at radius 1 is 1.50 bits per heavy atom. The van der Waals surface area contributed by atoms with E-state index >= 15 is 0 Å². The van der Waals surface area contributed by atoms with Gasteiger partial charge in [0.05, 0.1) is 11.8 Å². The Bertz CT molecular complexity index is 493. The van der Waals surface area contributed by atoms with E-state index < -0.39 is 4.33 Å². The summed E-state index contributed by atoms with van der Waals surface area (Å²) in [6.45, 7) is 4.06. The molecule has 0 aromatic heterocycles. The number of carbonyl (C=O) groups excluding carboxylic acids is 1. The molecule has 0 saturated heterocycles. The Labute approximate surface area is 134 Å². The van der Waals surface area contributed by atoms with E-state index in [4.69, 9.17) is 23.2 Å². The number of benzene rings is 1. The van der Waals surface area contributed by atoms with Gasteiger partial charge in [-0.1, -0.05) is 24.3 Å². The number of hydrogen-bond donors (Lipinski definition) is 1. The van der Waals surface area contributed by atoms with Crippen LogP contribution in [-0.2, 0) is 4.79 Å². The summed E-state index contributed by atoms with van der Waals surface area (Å²) < 4.78 is -0.544. The molecule has 0 aliphatic heterocycles. The molecule has 2 nitrogen and oxygen atoms in total. The van der Waals surface area contributed by atoms with Crippen LogP contribution in [0.2, 0.25) is 0 Å². The zero-order valence-electron chi connectivity index (χ0n) is 11.7. The molecule has 1 N–H and O–H groups in total. The zero-order chi connectivity index (χ0) is 14.8. The number of amides is 1. The van der Waals surface area contributed by atoms with E-state index in [0.717, 1.165) is 17.7 Å². The minimum atomic E-state index is -0.544. The van der Waals surface area contributed by atoms with E-state index in [-0.39, 0.29) is 11.9 Å². The Kier molecular flexibility index (Phi) is 5.27. The summed E-state index contributed by atoms with van der Waals surface area (Å²) in [5, 5.41) is 3.03. The molecule has 110 valence electrons. The number of nitrogens with one attached hydrogen (secondary N) is 1. The Balaban J connectivity index is 1.73. The first kappa shape index (κ1) is 16.0. The second-order valence-corrected chi connectivity index (χ2v) is 7.90. The number of carbonyl (C=O) groups is 1. The average Bonchev–Trinajstić information content (AvgIpc) is 2.97. The van der Waals surface area contributed by atoms with Crippen molar-refractivity contribution in [3.05, 3.63) is 35.4 Å². The molecule has 1 aromatic carbocycles. The van der Waals surface area contributed by atoms with Crippen LogP contribution < -0.4 is 5.32 Å². The summed E-state index contributed by atoms with van der Waals surface area (Å²) in [6, 6.07) is 8.13. The molecular weight excluding hydrogens is 313 g/mol. The molecule has 1 amide bonds. The first-order valence-electron chi connectivity index (χ1n) is 6.70. The number of thioether (sulfide) groups is 1.